The zero-order valence-electron chi connectivity index (χ0n) is 5.39. The van der Waals surface area contributed by atoms with E-state index < -0.39 is 0 Å². The van der Waals surface area contributed by atoms with Crippen molar-refractivity contribution in [1.82, 2.24) is 0 Å². The van der Waals surface area contributed by atoms with Gasteiger partial charge in [0.05, 0.1) is 0 Å². The second-order valence-electron chi connectivity index (χ2n) is 0.577. The summed E-state index contributed by atoms with van der Waals surface area (Å²) in [4.78, 5) is 0. The van der Waals surface area contributed by atoms with Gasteiger partial charge in [-0.05, 0) is 0 Å². The van der Waals surface area contributed by atoms with Crippen molar-refractivity contribution in [2.75, 3.05) is 0 Å². The van der Waals surface area contributed by atoms with Gasteiger partial charge in [-0.3, -0.25) is 0 Å². The van der Waals surface area contributed by atoms with Crippen LogP contribution in [-0.4, -0.2) is 0 Å². The van der Waals surface area contributed by atoms with Crippen molar-refractivity contribution in [2.45, 2.75) is 13.8 Å². The fourth-order valence-corrected chi connectivity index (χ4v) is 0. The molecule has 0 aliphatic carbocycles. The predicted octanol–water partition coefficient (Wildman–Crippen LogP) is 4.10. The van der Waals surface area contributed by atoms with E-state index in [0.29, 0.717) is 0 Å². The summed E-state index contributed by atoms with van der Waals surface area (Å²) in [5.41, 5.74) is 0. The van der Waals surface area contributed by atoms with Crippen LogP contribution in [0.3, 0.4) is 0 Å². The minimum Gasteiger partial charge on any atom is -0.693 e. The smallest absolute Gasteiger partial charge is 0 e. The summed E-state index contributed by atoms with van der Waals surface area (Å²) in [6, 6.07) is 0. The first-order valence-electron chi connectivity index (χ1n) is 1.15. The Morgan fingerprint density at radius 2 is 0.750 bits per heavy atom. The van der Waals surface area contributed by atoms with Gasteiger partial charge in [0.25, 0.3) is 0 Å². The van der Waals surface area contributed by atoms with Crippen LogP contribution in [0, 0.1) is 6.42 Å². The van der Waals surface area contributed by atoms with E-state index >= 15 is 0 Å². The van der Waals surface area contributed by atoms with Gasteiger partial charge in [0.2, 0.25) is 0 Å². The Hall–Kier alpha value is 0.710. The summed E-state index contributed by atoms with van der Waals surface area (Å²) < 4.78 is 0. The summed E-state index contributed by atoms with van der Waals surface area (Å²) in [6.45, 7) is 4.00. The average Bonchev–Trinajstić information content (AvgIpc) is 0.918. The maximum atomic E-state index is 2.00. The molecule has 0 bridgehead atoms. The van der Waals surface area contributed by atoms with E-state index in [1.807, 2.05) is 20.3 Å². The molecule has 0 heterocycles. The van der Waals surface area contributed by atoms with Crippen molar-refractivity contribution < 1.29 is 25.8 Å². The van der Waals surface area contributed by atoms with Gasteiger partial charge in [-0.25, -0.2) is 0 Å². The molecule has 0 atom stereocenters. The maximum absolute atomic E-state index is 2.00. The molecule has 0 amide bonds. The Labute approximate surface area is 70.9 Å². The second kappa shape index (κ2) is 119. The average molecular weight is 286 g/mol. The topological polar surface area (TPSA) is 134 Å². The maximum Gasteiger partial charge on any atom is 0 e. The van der Waals surface area contributed by atoms with Crippen LogP contribution in [0.1, 0.15) is 13.8 Å². The van der Waals surface area contributed by atoms with E-state index in [1.165, 1.54) is 0 Å². The van der Waals surface area contributed by atoms with E-state index in [0.717, 1.165) is 0 Å². The van der Waals surface area contributed by atoms with E-state index in [9.17, 15) is 0 Å². The molecule has 56 valence electrons. The molecule has 5 heteroatoms. The third-order valence-corrected chi connectivity index (χ3v) is 0. The van der Waals surface area contributed by atoms with Crippen LogP contribution in [0.15, 0.2) is 0 Å². The SMILES string of the molecule is C[CH-]C.[Hf].[NH2-].[NH2-].[NH2-].[NH2-]. The largest absolute Gasteiger partial charge is 0.693 e. The van der Waals surface area contributed by atoms with Gasteiger partial charge in [0, 0.05) is 25.8 Å². The molecule has 0 rings (SSSR count). The molecular formula is C3H15HfN4-5. The first-order valence-corrected chi connectivity index (χ1v) is 1.15. The van der Waals surface area contributed by atoms with Crippen LogP contribution in [0.5, 0.6) is 0 Å². The minimum atomic E-state index is 0. The standard InChI is InChI=1S/C3H7.Hf.4H2N/c1-3-2;;;;;/h3H,1-2H3;;4*1H2/q-1;;4*-1. The Kier molecular flexibility index (Phi) is 1050. The summed E-state index contributed by atoms with van der Waals surface area (Å²) in [5.74, 6) is 0. The molecule has 0 aliphatic heterocycles. The molecule has 0 radical (unpaired) electrons. The molecule has 4 nitrogen and oxygen atoms in total. The van der Waals surface area contributed by atoms with Gasteiger partial charge in [-0.2, -0.15) is 13.8 Å². The van der Waals surface area contributed by atoms with Gasteiger partial charge in [0.1, 0.15) is 0 Å². The number of nitrogens with two attached hydrogens (primary N) is 4. The summed E-state index contributed by atoms with van der Waals surface area (Å²) >= 11 is 0. The molecule has 0 aromatic carbocycles. The predicted molar refractivity (Wildman–Crippen MR) is 36.8 cm³/mol. The zero-order chi connectivity index (χ0) is 2.71. The molecule has 8 heavy (non-hydrogen) atoms. The molecule has 0 fully saturated rings. The molecule has 0 saturated carbocycles. The fraction of sp³-hybridized carbons (Fsp3) is 0.667. The van der Waals surface area contributed by atoms with Crippen LogP contribution in [0.25, 0.3) is 24.6 Å². The Morgan fingerprint density at radius 1 is 0.750 bits per heavy atom. The van der Waals surface area contributed by atoms with Gasteiger partial charge in [-0.1, -0.05) is 0 Å². The molecule has 8 N–H and O–H groups in total. The molecule has 0 aliphatic rings. The quantitative estimate of drug-likeness (QED) is 0.468. The van der Waals surface area contributed by atoms with Crippen LogP contribution in [0.2, 0.25) is 0 Å². The van der Waals surface area contributed by atoms with Gasteiger partial charge < -0.3 is 31.0 Å². The summed E-state index contributed by atoms with van der Waals surface area (Å²) in [5, 5.41) is 0. The van der Waals surface area contributed by atoms with Crippen LogP contribution >= 0.6 is 0 Å². The van der Waals surface area contributed by atoms with Crippen LogP contribution < -0.4 is 0 Å². The molecule has 0 spiro atoms. The number of hydrogen-bond acceptors (Lipinski definition) is 0. The van der Waals surface area contributed by atoms with Gasteiger partial charge >= 0.3 is 0 Å². The van der Waals surface area contributed by atoms with Crippen molar-refractivity contribution >= 4 is 0 Å². The molecule has 0 unspecified atom stereocenters. The number of hydrogen-bond donors (Lipinski definition) is 0. The monoisotopic (exact) mass is 287 g/mol. The summed E-state index contributed by atoms with van der Waals surface area (Å²) in [7, 11) is 0. The van der Waals surface area contributed by atoms with E-state index in [1.54, 1.807) is 0 Å². The molecule has 0 aromatic heterocycles. The molecule has 0 aromatic rings. The third-order valence-electron chi connectivity index (χ3n) is 0. The van der Waals surface area contributed by atoms with Crippen molar-refractivity contribution in [3.05, 3.63) is 31.0 Å². The van der Waals surface area contributed by atoms with Gasteiger partial charge in [-0.15, -0.1) is 0 Å². The van der Waals surface area contributed by atoms with Crippen molar-refractivity contribution in [3.63, 3.8) is 0 Å². The fourth-order valence-electron chi connectivity index (χ4n) is 0. The zero-order valence-corrected chi connectivity index (χ0v) is 8.98. The van der Waals surface area contributed by atoms with Crippen LogP contribution in [-0.2, 0) is 25.8 Å². The third kappa shape index (κ3) is 434. The second-order valence-corrected chi connectivity index (χ2v) is 0.577. The van der Waals surface area contributed by atoms with Crippen molar-refractivity contribution in [2.24, 2.45) is 0 Å². The minimum absolute atomic E-state index is 0. The van der Waals surface area contributed by atoms with E-state index in [4.69, 9.17) is 0 Å². The first kappa shape index (κ1) is 70.5. The summed E-state index contributed by atoms with van der Waals surface area (Å²) in [6.07, 6.45) is 2.00. The molecular weight excluding hydrogens is 271 g/mol. The number of rotatable bonds is 0. The first-order chi connectivity index (χ1) is 1.41. The normalized spacial score (nSPS) is 2.25. The van der Waals surface area contributed by atoms with E-state index in [-0.39, 0.29) is 50.4 Å². The van der Waals surface area contributed by atoms with E-state index in [2.05, 4.69) is 0 Å². The Bertz CT molecular complexity index is 11.2. The Morgan fingerprint density at radius 3 is 0.750 bits per heavy atom. The van der Waals surface area contributed by atoms with Crippen molar-refractivity contribution in [3.8, 4) is 0 Å². The van der Waals surface area contributed by atoms with Crippen LogP contribution in [0.4, 0.5) is 0 Å². The molecule has 0 saturated heterocycles. The van der Waals surface area contributed by atoms with Gasteiger partial charge in [0.15, 0.2) is 0 Å². The Balaban J connectivity index is -0.00000000200. The van der Waals surface area contributed by atoms with Crippen molar-refractivity contribution in [1.29, 1.82) is 0 Å².